The summed E-state index contributed by atoms with van der Waals surface area (Å²) in [6.45, 7) is 1.88. The Bertz CT molecular complexity index is 458. The molecule has 92 valence electrons. The highest BCUT2D eigenvalue weighted by Gasteiger charge is 2.35. The zero-order valence-corrected chi connectivity index (χ0v) is 9.93. The number of nitrogens with one attached hydrogen (secondary N) is 1. The van der Waals surface area contributed by atoms with Gasteiger partial charge in [0.1, 0.15) is 0 Å². The van der Waals surface area contributed by atoms with Gasteiger partial charge in [-0.3, -0.25) is 9.59 Å². The van der Waals surface area contributed by atoms with Crippen molar-refractivity contribution in [2.24, 2.45) is 13.0 Å². The van der Waals surface area contributed by atoms with Gasteiger partial charge in [-0.05, 0) is 25.8 Å². The van der Waals surface area contributed by atoms with Crippen molar-refractivity contribution in [2.75, 3.05) is 0 Å². The van der Waals surface area contributed by atoms with Crippen molar-refractivity contribution in [3.63, 3.8) is 0 Å². The smallest absolute Gasteiger partial charge is 0.306 e. The molecule has 2 rings (SSSR count). The van der Waals surface area contributed by atoms with Crippen molar-refractivity contribution in [1.82, 2.24) is 9.88 Å². The third kappa shape index (κ3) is 2.18. The number of hydrogen-bond acceptors (Lipinski definition) is 2. The van der Waals surface area contributed by atoms with Crippen LogP contribution in [0.4, 0.5) is 0 Å². The molecule has 1 aliphatic carbocycles. The number of aliphatic carboxylic acids is 1. The van der Waals surface area contributed by atoms with E-state index in [1.54, 1.807) is 6.07 Å². The van der Waals surface area contributed by atoms with Crippen LogP contribution in [0.2, 0.25) is 0 Å². The Labute approximate surface area is 99.4 Å². The van der Waals surface area contributed by atoms with E-state index in [0.29, 0.717) is 18.4 Å². The van der Waals surface area contributed by atoms with Gasteiger partial charge in [0.05, 0.1) is 11.5 Å². The maximum atomic E-state index is 11.9. The van der Waals surface area contributed by atoms with Crippen molar-refractivity contribution < 1.29 is 14.7 Å². The number of carbonyl (C=O) groups excluding carboxylic acids is 1. The first-order valence-electron chi connectivity index (χ1n) is 5.64. The zero-order valence-electron chi connectivity index (χ0n) is 9.93. The van der Waals surface area contributed by atoms with E-state index in [9.17, 15) is 9.59 Å². The summed E-state index contributed by atoms with van der Waals surface area (Å²) in [5.41, 5.74) is 1.57. The molecule has 5 heteroatoms. The summed E-state index contributed by atoms with van der Waals surface area (Å²) in [5, 5.41) is 11.6. The van der Waals surface area contributed by atoms with Crippen LogP contribution in [-0.4, -0.2) is 27.6 Å². The fourth-order valence-corrected chi connectivity index (χ4v) is 2.05. The SMILES string of the molecule is Cc1c(C(=O)NC2CC(C(=O)O)C2)ccn1C. The molecule has 1 saturated carbocycles. The topological polar surface area (TPSA) is 71.3 Å². The molecule has 0 bridgehead atoms. The second-order valence-corrected chi connectivity index (χ2v) is 4.60. The maximum absolute atomic E-state index is 11.9. The number of carbonyl (C=O) groups is 2. The summed E-state index contributed by atoms with van der Waals surface area (Å²) >= 11 is 0. The van der Waals surface area contributed by atoms with E-state index < -0.39 is 5.97 Å². The van der Waals surface area contributed by atoms with E-state index in [2.05, 4.69) is 5.32 Å². The molecule has 17 heavy (non-hydrogen) atoms. The summed E-state index contributed by atoms with van der Waals surface area (Å²) < 4.78 is 1.88. The lowest BCUT2D eigenvalue weighted by molar-refractivity contribution is -0.145. The number of aryl methyl sites for hydroxylation is 1. The standard InChI is InChI=1S/C12H16N2O3/c1-7-10(3-4-14(7)2)11(15)13-9-5-8(6-9)12(16)17/h3-4,8-9H,5-6H2,1-2H3,(H,13,15)(H,16,17). The van der Waals surface area contributed by atoms with Gasteiger partial charge in [0, 0.05) is 25.0 Å². The minimum Gasteiger partial charge on any atom is -0.481 e. The van der Waals surface area contributed by atoms with Crippen LogP contribution in [-0.2, 0) is 11.8 Å². The molecule has 0 atom stereocenters. The van der Waals surface area contributed by atoms with Crippen LogP contribution in [0.15, 0.2) is 12.3 Å². The molecule has 1 fully saturated rings. The molecule has 1 amide bonds. The molecule has 0 unspecified atom stereocenters. The quantitative estimate of drug-likeness (QED) is 0.820. The third-order valence-corrected chi connectivity index (χ3v) is 3.45. The number of hydrogen-bond donors (Lipinski definition) is 2. The Morgan fingerprint density at radius 1 is 1.47 bits per heavy atom. The van der Waals surface area contributed by atoms with Gasteiger partial charge in [-0.15, -0.1) is 0 Å². The first-order valence-corrected chi connectivity index (χ1v) is 5.64. The number of aromatic nitrogens is 1. The number of amides is 1. The maximum Gasteiger partial charge on any atom is 0.306 e. The number of carboxylic acids is 1. The van der Waals surface area contributed by atoms with Crippen LogP contribution in [0.1, 0.15) is 28.9 Å². The molecule has 1 aliphatic rings. The lowest BCUT2D eigenvalue weighted by atomic mass is 9.80. The highest BCUT2D eigenvalue weighted by molar-refractivity contribution is 5.95. The van der Waals surface area contributed by atoms with Gasteiger partial charge in [-0.2, -0.15) is 0 Å². The van der Waals surface area contributed by atoms with E-state index in [4.69, 9.17) is 5.11 Å². The molecule has 0 aliphatic heterocycles. The molecule has 0 radical (unpaired) electrons. The zero-order chi connectivity index (χ0) is 12.6. The first kappa shape index (κ1) is 11.7. The normalized spacial score (nSPS) is 22.9. The summed E-state index contributed by atoms with van der Waals surface area (Å²) in [7, 11) is 1.88. The molecule has 1 aromatic heterocycles. The molecular formula is C12H16N2O3. The number of rotatable bonds is 3. The highest BCUT2D eigenvalue weighted by atomic mass is 16.4. The van der Waals surface area contributed by atoms with Gasteiger partial charge in [0.25, 0.3) is 5.91 Å². The van der Waals surface area contributed by atoms with Crippen molar-refractivity contribution in [2.45, 2.75) is 25.8 Å². The molecule has 1 heterocycles. The predicted octanol–water partition coefficient (Wildman–Crippen LogP) is 0.927. The highest BCUT2D eigenvalue weighted by Crippen LogP contribution is 2.27. The second-order valence-electron chi connectivity index (χ2n) is 4.60. The lowest BCUT2D eigenvalue weighted by Gasteiger charge is -2.32. The summed E-state index contributed by atoms with van der Waals surface area (Å²) in [6, 6.07) is 1.78. The van der Waals surface area contributed by atoms with Gasteiger partial charge >= 0.3 is 5.97 Å². The van der Waals surface area contributed by atoms with Crippen molar-refractivity contribution in [3.8, 4) is 0 Å². The third-order valence-electron chi connectivity index (χ3n) is 3.45. The number of nitrogens with zero attached hydrogens (tertiary/aromatic N) is 1. The molecular weight excluding hydrogens is 220 g/mol. The lowest BCUT2D eigenvalue weighted by Crippen LogP contribution is -2.46. The summed E-state index contributed by atoms with van der Waals surface area (Å²) in [5.74, 6) is -1.18. The van der Waals surface area contributed by atoms with E-state index in [-0.39, 0.29) is 17.9 Å². The predicted molar refractivity (Wildman–Crippen MR) is 61.8 cm³/mol. The minimum absolute atomic E-state index is 0.00297. The molecule has 1 aromatic rings. The fourth-order valence-electron chi connectivity index (χ4n) is 2.05. The molecule has 0 saturated heterocycles. The van der Waals surface area contributed by atoms with Crippen LogP contribution in [0.3, 0.4) is 0 Å². The fraction of sp³-hybridized carbons (Fsp3) is 0.500. The van der Waals surface area contributed by atoms with Crippen LogP contribution >= 0.6 is 0 Å². The van der Waals surface area contributed by atoms with E-state index in [1.807, 2.05) is 24.7 Å². The van der Waals surface area contributed by atoms with Crippen LogP contribution in [0.25, 0.3) is 0 Å². The van der Waals surface area contributed by atoms with Gasteiger partial charge in [0.2, 0.25) is 0 Å². The Kier molecular flexibility index (Phi) is 2.92. The van der Waals surface area contributed by atoms with Gasteiger partial charge < -0.3 is 15.0 Å². The van der Waals surface area contributed by atoms with Crippen LogP contribution in [0.5, 0.6) is 0 Å². The van der Waals surface area contributed by atoms with E-state index in [1.165, 1.54) is 0 Å². The van der Waals surface area contributed by atoms with Crippen LogP contribution < -0.4 is 5.32 Å². The first-order chi connectivity index (χ1) is 7.99. The van der Waals surface area contributed by atoms with Gasteiger partial charge in [-0.25, -0.2) is 0 Å². The van der Waals surface area contributed by atoms with Gasteiger partial charge in [0.15, 0.2) is 0 Å². The average molecular weight is 236 g/mol. The Morgan fingerprint density at radius 3 is 2.59 bits per heavy atom. The minimum atomic E-state index is -0.772. The molecule has 2 N–H and O–H groups in total. The Hall–Kier alpha value is -1.78. The van der Waals surface area contributed by atoms with Crippen LogP contribution in [0, 0.1) is 12.8 Å². The molecule has 0 aromatic carbocycles. The van der Waals surface area contributed by atoms with Crippen molar-refractivity contribution in [3.05, 3.63) is 23.5 Å². The largest absolute Gasteiger partial charge is 0.481 e. The van der Waals surface area contributed by atoms with Gasteiger partial charge in [-0.1, -0.05) is 0 Å². The van der Waals surface area contributed by atoms with Crippen molar-refractivity contribution in [1.29, 1.82) is 0 Å². The Morgan fingerprint density at radius 2 is 2.12 bits per heavy atom. The monoisotopic (exact) mass is 236 g/mol. The van der Waals surface area contributed by atoms with E-state index in [0.717, 1.165) is 5.69 Å². The van der Waals surface area contributed by atoms with E-state index >= 15 is 0 Å². The van der Waals surface area contributed by atoms with Crippen molar-refractivity contribution >= 4 is 11.9 Å². The Balaban J connectivity index is 1.91. The summed E-state index contributed by atoms with van der Waals surface area (Å²) in [4.78, 5) is 22.5. The summed E-state index contributed by atoms with van der Waals surface area (Å²) in [6.07, 6.45) is 2.91. The number of carboxylic acid groups (broad SMARTS) is 1. The molecule has 0 spiro atoms. The average Bonchev–Trinajstić information content (AvgIpc) is 2.52. The molecule has 5 nitrogen and oxygen atoms in total. The second kappa shape index (κ2) is 4.24.